The Morgan fingerprint density at radius 1 is 1.23 bits per heavy atom. The highest BCUT2D eigenvalue weighted by atomic mass is 16.5. The molecule has 1 aliphatic heterocycles. The number of carbonyl (C=O) groups is 1. The molecule has 1 atom stereocenters. The van der Waals surface area contributed by atoms with Gasteiger partial charge in [-0.3, -0.25) is 4.79 Å². The number of rotatable bonds is 10. The summed E-state index contributed by atoms with van der Waals surface area (Å²) in [5.41, 5.74) is 2.17. The van der Waals surface area contributed by atoms with E-state index in [1.54, 1.807) is 12.1 Å². The van der Waals surface area contributed by atoms with Crippen LogP contribution in [-0.2, 0) is 11.3 Å². The Morgan fingerprint density at radius 3 is 2.84 bits per heavy atom. The standard InChI is InChI=1S/C23H32N4O4/c1-3-24-23(26-11-10-25-22(28)20-7-5-13-30-20)27-15-18-9-8-17(2)14-21(18)31-16-19-6-4-12-29-19/h5,7-9,13-14,19H,3-4,6,10-12,15-16H2,1-2H3,(H,25,28)(H2,24,26,27). The third kappa shape index (κ3) is 7.32. The molecule has 1 aliphatic rings. The second-order valence-corrected chi connectivity index (χ2v) is 7.41. The molecule has 1 aromatic heterocycles. The summed E-state index contributed by atoms with van der Waals surface area (Å²) in [6.07, 6.45) is 3.79. The summed E-state index contributed by atoms with van der Waals surface area (Å²) in [4.78, 5) is 16.6. The topological polar surface area (TPSA) is 97.1 Å². The second-order valence-electron chi connectivity index (χ2n) is 7.41. The Bertz CT molecular complexity index is 845. The van der Waals surface area contributed by atoms with E-state index in [4.69, 9.17) is 13.9 Å². The van der Waals surface area contributed by atoms with E-state index in [0.717, 1.165) is 42.9 Å². The Kier molecular flexibility index (Phi) is 8.78. The first-order chi connectivity index (χ1) is 15.2. The fourth-order valence-electron chi connectivity index (χ4n) is 3.24. The summed E-state index contributed by atoms with van der Waals surface area (Å²) in [5, 5.41) is 9.26. The van der Waals surface area contributed by atoms with Gasteiger partial charge in [0.1, 0.15) is 12.4 Å². The maximum atomic E-state index is 11.9. The Balaban J connectivity index is 1.52. The third-order valence-corrected chi connectivity index (χ3v) is 4.87. The number of carbonyl (C=O) groups excluding carboxylic acids is 1. The van der Waals surface area contributed by atoms with E-state index in [0.29, 0.717) is 38.0 Å². The highest BCUT2D eigenvalue weighted by Gasteiger charge is 2.17. The summed E-state index contributed by atoms with van der Waals surface area (Å²) in [7, 11) is 0. The van der Waals surface area contributed by atoms with Gasteiger partial charge in [-0.2, -0.15) is 0 Å². The van der Waals surface area contributed by atoms with Crippen LogP contribution in [0.2, 0.25) is 0 Å². The number of benzene rings is 1. The van der Waals surface area contributed by atoms with Gasteiger partial charge < -0.3 is 29.8 Å². The van der Waals surface area contributed by atoms with Gasteiger partial charge >= 0.3 is 0 Å². The zero-order valence-electron chi connectivity index (χ0n) is 18.3. The fraction of sp³-hybridized carbons (Fsp3) is 0.478. The van der Waals surface area contributed by atoms with Gasteiger partial charge in [0.15, 0.2) is 11.7 Å². The molecule has 1 saturated heterocycles. The van der Waals surface area contributed by atoms with E-state index < -0.39 is 0 Å². The van der Waals surface area contributed by atoms with Gasteiger partial charge in [0.2, 0.25) is 0 Å². The van der Waals surface area contributed by atoms with Crippen LogP contribution >= 0.6 is 0 Å². The van der Waals surface area contributed by atoms with Crippen molar-refractivity contribution in [3.63, 3.8) is 0 Å². The first-order valence-corrected chi connectivity index (χ1v) is 10.8. The third-order valence-electron chi connectivity index (χ3n) is 4.87. The molecule has 0 spiro atoms. The monoisotopic (exact) mass is 428 g/mol. The number of aliphatic imine (C=N–C) groups is 1. The fourth-order valence-corrected chi connectivity index (χ4v) is 3.24. The second kappa shape index (κ2) is 12.0. The number of hydrogen-bond acceptors (Lipinski definition) is 5. The minimum absolute atomic E-state index is 0.173. The Hall–Kier alpha value is -3.00. The number of nitrogens with one attached hydrogen (secondary N) is 3. The zero-order chi connectivity index (χ0) is 21.9. The summed E-state index contributed by atoms with van der Waals surface area (Å²) in [6.45, 7) is 7.65. The van der Waals surface area contributed by atoms with Crippen LogP contribution in [0.5, 0.6) is 5.75 Å². The van der Waals surface area contributed by atoms with Crippen LogP contribution in [0.3, 0.4) is 0 Å². The SMILES string of the molecule is CCNC(=NCc1ccc(C)cc1OCC1CCCO1)NCCNC(=O)c1ccco1. The number of aryl methyl sites for hydroxylation is 1. The highest BCUT2D eigenvalue weighted by molar-refractivity contribution is 5.91. The molecule has 8 heteroatoms. The zero-order valence-corrected chi connectivity index (χ0v) is 18.3. The average molecular weight is 429 g/mol. The van der Waals surface area contributed by atoms with Gasteiger partial charge in [-0.05, 0) is 50.5 Å². The number of guanidine groups is 1. The maximum Gasteiger partial charge on any atom is 0.287 e. The molecule has 2 heterocycles. The molecule has 3 N–H and O–H groups in total. The van der Waals surface area contributed by atoms with Crippen LogP contribution in [0.1, 0.15) is 41.4 Å². The lowest BCUT2D eigenvalue weighted by Gasteiger charge is -2.15. The molecule has 3 rings (SSSR count). The van der Waals surface area contributed by atoms with Gasteiger partial charge in [0, 0.05) is 31.8 Å². The summed E-state index contributed by atoms with van der Waals surface area (Å²) >= 11 is 0. The Morgan fingerprint density at radius 2 is 2.10 bits per heavy atom. The largest absolute Gasteiger partial charge is 0.491 e. The molecule has 1 unspecified atom stereocenters. The molecule has 0 radical (unpaired) electrons. The van der Waals surface area contributed by atoms with Crippen LogP contribution in [0, 0.1) is 6.92 Å². The van der Waals surface area contributed by atoms with Crippen LogP contribution in [0.15, 0.2) is 46.0 Å². The molecule has 168 valence electrons. The molecule has 8 nitrogen and oxygen atoms in total. The molecule has 0 bridgehead atoms. The van der Waals surface area contributed by atoms with Crippen LogP contribution in [0.25, 0.3) is 0 Å². The van der Waals surface area contributed by atoms with Crippen LogP contribution in [-0.4, -0.2) is 50.8 Å². The number of hydrogen-bond donors (Lipinski definition) is 3. The number of ether oxygens (including phenoxy) is 2. The molecule has 0 saturated carbocycles. The predicted octanol–water partition coefficient (Wildman–Crippen LogP) is 2.63. The van der Waals surface area contributed by atoms with Crippen molar-refractivity contribution in [1.29, 1.82) is 0 Å². The average Bonchev–Trinajstić information content (AvgIpc) is 3.48. The summed E-state index contributed by atoms with van der Waals surface area (Å²) < 4.78 is 16.8. The van der Waals surface area contributed by atoms with E-state index >= 15 is 0 Å². The molecule has 1 amide bonds. The van der Waals surface area contributed by atoms with E-state index in [1.165, 1.54) is 6.26 Å². The first kappa shape index (κ1) is 22.7. The van der Waals surface area contributed by atoms with E-state index in [-0.39, 0.29) is 12.0 Å². The molecule has 1 fully saturated rings. The lowest BCUT2D eigenvalue weighted by atomic mass is 10.1. The van der Waals surface area contributed by atoms with Crippen molar-refractivity contribution in [3.8, 4) is 5.75 Å². The molecule has 2 aromatic rings. The first-order valence-electron chi connectivity index (χ1n) is 10.8. The number of nitrogens with zero attached hydrogens (tertiary/aromatic N) is 1. The lowest BCUT2D eigenvalue weighted by molar-refractivity contribution is 0.0676. The van der Waals surface area contributed by atoms with Gasteiger partial charge in [0.05, 0.1) is 18.9 Å². The van der Waals surface area contributed by atoms with Gasteiger partial charge in [-0.1, -0.05) is 12.1 Å². The van der Waals surface area contributed by atoms with Crippen LogP contribution in [0.4, 0.5) is 0 Å². The van der Waals surface area contributed by atoms with Crippen molar-refractivity contribution in [1.82, 2.24) is 16.0 Å². The smallest absolute Gasteiger partial charge is 0.287 e. The Labute approximate surface area is 183 Å². The van der Waals surface area contributed by atoms with Crippen molar-refractivity contribution in [3.05, 3.63) is 53.5 Å². The molecular weight excluding hydrogens is 396 g/mol. The molecule has 0 aliphatic carbocycles. The normalized spacial score (nSPS) is 16.2. The maximum absolute atomic E-state index is 11.9. The molecule has 1 aromatic carbocycles. The van der Waals surface area contributed by atoms with Crippen molar-refractivity contribution >= 4 is 11.9 Å². The van der Waals surface area contributed by atoms with E-state index in [9.17, 15) is 4.79 Å². The van der Waals surface area contributed by atoms with Crippen LogP contribution < -0.4 is 20.7 Å². The van der Waals surface area contributed by atoms with Crippen molar-refractivity contribution in [2.24, 2.45) is 4.99 Å². The quantitative estimate of drug-likeness (QED) is 0.306. The van der Waals surface area contributed by atoms with Crippen molar-refractivity contribution < 1.29 is 18.7 Å². The van der Waals surface area contributed by atoms with E-state index in [2.05, 4.69) is 40.0 Å². The highest BCUT2D eigenvalue weighted by Crippen LogP contribution is 2.23. The predicted molar refractivity (Wildman–Crippen MR) is 120 cm³/mol. The lowest BCUT2D eigenvalue weighted by Crippen LogP contribution is -2.41. The van der Waals surface area contributed by atoms with Crippen molar-refractivity contribution in [2.45, 2.75) is 39.3 Å². The minimum atomic E-state index is -0.235. The molecular formula is C23H32N4O4. The van der Waals surface area contributed by atoms with Gasteiger partial charge in [-0.25, -0.2) is 4.99 Å². The van der Waals surface area contributed by atoms with Gasteiger partial charge in [0.25, 0.3) is 5.91 Å². The molecule has 31 heavy (non-hydrogen) atoms. The van der Waals surface area contributed by atoms with Crippen molar-refractivity contribution in [2.75, 3.05) is 32.8 Å². The minimum Gasteiger partial charge on any atom is -0.491 e. The summed E-state index contributed by atoms with van der Waals surface area (Å²) in [5.74, 6) is 1.60. The number of amides is 1. The summed E-state index contributed by atoms with van der Waals surface area (Å²) in [6, 6.07) is 9.48. The van der Waals surface area contributed by atoms with Gasteiger partial charge in [-0.15, -0.1) is 0 Å². The van der Waals surface area contributed by atoms with E-state index in [1.807, 2.05) is 13.0 Å². The number of furan rings is 1.